The first-order chi connectivity index (χ1) is 17.7. The summed E-state index contributed by atoms with van der Waals surface area (Å²) in [6, 6.07) is 7.58. The van der Waals surface area contributed by atoms with Gasteiger partial charge in [-0.3, -0.25) is 4.79 Å². The summed E-state index contributed by atoms with van der Waals surface area (Å²) in [5, 5.41) is 9.07. The number of hydrogen-bond acceptors (Lipinski definition) is 7. The van der Waals surface area contributed by atoms with Crippen molar-refractivity contribution in [2.24, 2.45) is 17.3 Å². The molecule has 2 saturated carbocycles. The minimum atomic E-state index is -0.842. The number of carboxylic acids is 1. The molecule has 0 radical (unpaired) electrons. The lowest BCUT2D eigenvalue weighted by Gasteiger charge is -2.54. The summed E-state index contributed by atoms with van der Waals surface area (Å²) in [6.45, 7) is 7.48. The Kier molecular flexibility index (Phi) is 4.19. The van der Waals surface area contributed by atoms with Crippen LogP contribution in [0, 0.1) is 17.3 Å². The van der Waals surface area contributed by atoms with Gasteiger partial charge >= 0.3 is 11.9 Å². The van der Waals surface area contributed by atoms with Crippen LogP contribution in [0.3, 0.4) is 0 Å². The van der Waals surface area contributed by atoms with Crippen LogP contribution in [0.2, 0.25) is 0 Å². The lowest BCUT2D eigenvalue weighted by atomic mass is 9.46. The molecule has 37 heavy (non-hydrogen) atoms. The number of rotatable bonds is 6. The molecule has 4 aliphatic heterocycles. The highest BCUT2D eigenvalue weighted by molar-refractivity contribution is 5.92. The molecule has 196 valence electrons. The summed E-state index contributed by atoms with van der Waals surface area (Å²) >= 11 is 0. The average Bonchev–Trinajstić information content (AvgIpc) is 3.76. The second-order valence-electron chi connectivity index (χ2n) is 12.6. The topological polar surface area (TPSA) is 110 Å². The van der Waals surface area contributed by atoms with E-state index in [1.807, 2.05) is 24.3 Å². The van der Waals surface area contributed by atoms with Gasteiger partial charge in [-0.15, -0.1) is 0 Å². The summed E-state index contributed by atoms with van der Waals surface area (Å²) in [6.07, 6.45) is 2.08. The number of hydrogen-bond donors (Lipinski definition) is 1. The summed E-state index contributed by atoms with van der Waals surface area (Å²) in [5.74, 6) is -0.569. The van der Waals surface area contributed by atoms with E-state index in [4.69, 9.17) is 28.8 Å². The van der Waals surface area contributed by atoms with Gasteiger partial charge in [0.2, 0.25) is 0 Å². The van der Waals surface area contributed by atoms with E-state index in [9.17, 15) is 9.59 Å². The molecule has 4 heterocycles. The maximum atomic E-state index is 12.4. The zero-order valence-corrected chi connectivity index (χ0v) is 21.3. The molecule has 0 bridgehead atoms. The fourth-order valence-electron chi connectivity index (χ4n) is 9.02. The molecular formula is C29H32O8. The molecule has 1 N–H and O–H groups in total. The van der Waals surface area contributed by atoms with Crippen molar-refractivity contribution in [1.82, 2.24) is 0 Å². The highest BCUT2D eigenvalue weighted by Gasteiger charge is 3.00. The van der Waals surface area contributed by atoms with Crippen molar-refractivity contribution in [2.75, 3.05) is 6.61 Å². The van der Waals surface area contributed by atoms with Gasteiger partial charge in [0.25, 0.3) is 0 Å². The largest absolute Gasteiger partial charge is 0.481 e. The van der Waals surface area contributed by atoms with E-state index < -0.39 is 22.8 Å². The number of epoxide rings is 3. The van der Waals surface area contributed by atoms with E-state index in [0.717, 1.165) is 41.5 Å². The minimum Gasteiger partial charge on any atom is -0.481 e. The summed E-state index contributed by atoms with van der Waals surface area (Å²) in [7, 11) is 0. The Morgan fingerprint density at radius 3 is 2.62 bits per heavy atom. The molecule has 8 nitrogen and oxygen atoms in total. The maximum Gasteiger partial charge on any atom is 0.334 e. The number of carboxylic acid groups (broad SMARTS) is 1. The number of benzene rings is 1. The monoisotopic (exact) mass is 508 g/mol. The van der Waals surface area contributed by atoms with Crippen LogP contribution >= 0.6 is 0 Å². The van der Waals surface area contributed by atoms with E-state index in [2.05, 4.69) is 20.8 Å². The van der Waals surface area contributed by atoms with Gasteiger partial charge in [-0.05, 0) is 47.8 Å². The highest BCUT2D eigenvalue weighted by atomic mass is 16.8. The lowest BCUT2D eigenvalue weighted by Crippen LogP contribution is -2.69. The molecule has 9 atom stereocenters. The van der Waals surface area contributed by atoms with Crippen molar-refractivity contribution in [1.29, 1.82) is 0 Å². The van der Waals surface area contributed by atoms with Crippen molar-refractivity contribution >= 4 is 11.9 Å². The SMILES string of the molecule is CC(C)[C@]12O[C@H]1[C@@H]1O[C@@]13[C@@]1(C)CCC4=C(COC4=O)[C@@H]1CC1O[C@@]13[C@@H]2OCc1ccc(CC(=O)O)cc1. The van der Waals surface area contributed by atoms with Crippen molar-refractivity contribution < 1.29 is 38.4 Å². The molecule has 5 fully saturated rings. The number of ether oxygens (including phenoxy) is 5. The first-order valence-corrected chi connectivity index (χ1v) is 13.5. The van der Waals surface area contributed by atoms with Gasteiger partial charge in [0, 0.05) is 11.0 Å². The van der Waals surface area contributed by atoms with Gasteiger partial charge < -0.3 is 28.8 Å². The van der Waals surface area contributed by atoms with Crippen LogP contribution in [-0.4, -0.2) is 64.9 Å². The second-order valence-corrected chi connectivity index (χ2v) is 12.6. The third-order valence-electron chi connectivity index (χ3n) is 10.9. The zero-order chi connectivity index (χ0) is 25.5. The molecule has 8 rings (SSSR count). The summed E-state index contributed by atoms with van der Waals surface area (Å²) in [4.78, 5) is 23.4. The standard InChI is InChI=1S/C29H32O8/c1-14(2)27-22(36-27)23-29(37-23)26(3)9-8-17-18(13-33-24(17)32)19(26)11-20-28(29,35-20)25(27)34-12-16-6-4-15(5-7-16)10-21(30)31/h4-7,14,19-20,22-23,25H,8-13H2,1-3H3,(H,30,31)/t19-,20?,22-,23-,25+,26-,27-,28+,29+/m0/s1. The molecular weight excluding hydrogens is 476 g/mol. The molecule has 7 aliphatic rings. The average molecular weight is 509 g/mol. The van der Waals surface area contributed by atoms with Crippen molar-refractivity contribution in [3.63, 3.8) is 0 Å². The Morgan fingerprint density at radius 2 is 1.89 bits per heavy atom. The van der Waals surface area contributed by atoms with Crippen LogP contribution in [0.4, 0.5) is 0 Å². The normalized spacial score (nSPS) is 47.7. The Balaban J connectivity index is 1.14. The highest BCUT2D eigenvalue weighted by Crippen LogP contribution is 2.83. The fraction of sp³-hybridized carbons (Fsp3) is 0.655. The van der Waals surface area contributed by atoms with E-state index >= 15 is 0 Å². The fourth-order valence-corrected chi connectivity index (χ4v) is 9.02. The predicted molar refractivity (Wildman–Crippen MR) is 127 cm³/mol. The molecule has 1 unspecified atom stereocenters. The third-order valence-corrected chi connectivity index (χ3v) is 10.9. The Morgan fingerprint density at radius 1 is 1.14 bits per heavy atom. The summed E-state index contributed by atoms with van der Waals surface area (Å²) in [5.41, 5.74) is 2.09. The van der Waals surface area contributed by atoms with Crippen LogP contribution in [0.25, 0.3) is 0 Å². The first-order valence-electron chi connectivity index (χ1n) is 13.5. The Bertz CT molecular complexity index is 1270. The van der Waals surface area contributed by atoms with Crippen LogP contribution < -0.4 is 0 Å². The molecule has 2 spiro atoms. The van der Waals surface area contributed by atoms with E-state index in [1.165, 1.54) is 0 Å². The third kappa shape index (κ3) is 2.49. The lowest BCUT2D eigenvalue weighted by molar-refractivity contribution is -0.137. The molecule has 8 heteroatoms. The molecule has 0 amide bonds. The van der Waals surface area contributed by atoms with Gasteiger partial charge in [-0.2, -0.15) is 0 Å². The number of fused-ring (bicyclic) bond motifs is 4. The number of carbonyl (C=O) groups excluding carboxylic acids is 1. The van der Waals surface area contributed by atoms with Gasteiger partial charge in [0.1, 0.15) is 36.1 Å². The summed E-state index contributed by atoms with van der Waals surface area (Å²) < 4.78 is 32.4. The van der Waals surface area contributed by atoms with Gasteiger partial charge in [-0.25, -0.2) is 4.79 Å². The zero-order valence-electron chi connectivity index (χ0n) is 21.3. The molecule has 3 saturated heterocycles. The van der Waals surface area contributed by atoms with Crippen LogP contribution in [0.5, 0.6) is 0 Å². The van der Waals surface area contributed by atoms with E-state index in [0.29, 0.717) is 13.2 Å². The van der Waals surface area contributed by atoms with Crippen molar-refractivity contribution in [3.05, 3.63) is 46.5 Å². The Hall–Kier alpha value is -2.26. The number of carbonyl (C=O) groups is 2. The van der Waals surface area contributed by atoms with Crippen LogP contribution in [0.1, 0.15) is 51.2 Å². The van der Waals surface area contributed by atoms with Crippen LogP contribution in [0.15, 0.2) is 35.4 Å². The Labute approximate surface area is 215 Å². The van der Waals surface area contributed by atoms with Crippen molar-refractivity contribution in [2.45, 2.75) is 94.3 Å². The maximum absolute atomic E-state index is 12.4. The minimum absolute atomic E-state index is 0.00412. The van der Waals surface area contributed by atoms with Crippen molar-refractivity contribution in [3.8, 4) is 0 Å². The van der Waals surface area contributed by atoms with Gasteiger partial charge in [0.15, 0.2) is 5.60 Å². The van der Waals surface area contributed by atoms with E-state index in [1.54, 1.807) is 0 Å². The first kappa shape index (κ1) is 22.7. The predicted octanol–water partition coefficient (Wildman–Crippen LogP) is 2.95. The number of cyclic esters (lactones) is 1. The smallest absolute Gasteiger partial charge is 0.334 e. The van der Waals surface area contributed by atoms with Gasteiger partial charge in [-0.1, -0.05) is 45.0 Å². The number of esters is 1. The molecule has 1 aromatic carbocycles. The quantitative estimate of drug-likeness (QED) is 0.461. The number of aliphatic carboxylic acids is 1. The molecule has 0 aromatic heterocycles. The molecule has 3 aliphatic carbocycles. The second kappa shape index (κ2) is 6.84. The van der Waals surface area contributed by atoms with Crippen LogP contribution in [-0.2, 0) is 46.3 Å². The van der Waals surface area contributed by atoms with Gasteiger partial charge in [0.05, 0.1) is 19.1 Å². The van der Waals surface area contributed by atoms with E-state index in [-0.39, 0.29) is 54.1 Å². The molecule has 1 aromatic rings.